The summed E-state index contributed by atoms with van der Waals surface area (Å²) in [5.74, 6) is 0. The Hall–Kier alpha value is -0.320. The predicted molar refractivity (Wildman–Crippen MR) is 82.5 cm³/mol. The van der Waals surface area contributed by atoms with Crippen LogP contribution in [-0.2, 0) is 4.74 Å². The molecule has 5 heteroatoms. The molecule has 1 aliphatic heterocycles. The summed E-state index contributed by atoms with van der Waals surface area (Å²) in [6.07, 6.45) is 0.0311. The summed E-state index contributed by atoms with van der Waals surface area (Å²) in [6.45, 7) is 7.48. The number of hydrogen-bond acceptors (Lipinski definition) is 3. The molecule has 1 aromatic carbocycles. The quantitative estimate of drug-likeness (QED) is 0.922. The number of aliphatic hydroxyl groups is 1. The van der Waals surface area contributed by atoms with Crippen LogP contribution in [0.25, 0.3) is 0 Å². The Morgan fingerprint density at radius 3 is 2.85 bits per heavy atom. The van der Waals surface area contributed by atoms with Crippen molar-refractivity contribution in [2.24, 2.45) is 0 Å². The molecule has 1 N–H and O–H groups in total. The van der Waals surface area contributed by atoms with Gasteiger partial charge in [0, 0.05) is 24.2 Å². The molecule has 0 spiro atoms. The van der Waals surface area contributed by atoms with Gasteiger partial charge in [0.05, 0.1) is 29.4 Å². The largest absolute Gasteiger partial charge is 0.388 e. The van der Waals surface area contributed by atoms with E-state index in [0.717, 1.165) is 26.3 Å². The van der Waals surface area contributed by atoms with E-state index in [1.807, 2.05) is 12.1 Å². The number of halogens is 2. The van der Waals surface area contributed by atoms with Crippen molar-refractivity contribution in [2.45, 2.75) is 31.9 Å². The fraction of sp³-hybridized carbons (Fsp3) is 0.600. The molecule has 1 fully saturated rings. The first-order chi connectivity index (χ1) is 9.42. The van der Waals surface area contributed by atoms with Gasteiger partial charge in [0.1, 0.15) is 0 Å². The minimum absolute atomic E-state index is 0.0100. The van der Waals surface area contributed by atoms with Gasteiger partial charge < -0.3 is 9.84 Å². The second-order valence-corrected chi connectivity index (χ2v) is 6.58. The zero-order chi connectivity index (χ0) is 14.8. The van der Waals surface area contributed by atoms with Crippen molar-refractivity contribution in [1.82, 2.24) is 4.90 Å². The minimum Gasteiger partial charge on any atom is -0.388 e. The van der Waals surface area contributed by atoms with Gasteiger partial charge in [-0.25, -0.2) is 0 Å². The van der Waals surface area contributed by atoms with Crippen LogP contribution in [0.2, 0.25) is 10.0 Å². The Balaban J connectivity index is 1.98. The van der Waals surface area contributed by atoms with Crippen molar-refractivity contribution in [2.75, 3.05) is 26.3 Å². The highest BCUT2D eigenvalue weighted by atomic mass is 35.5. The lowest BCUT2D eigenvalue weighted by Crippen LogP contribution is -2.53. The second-order valence-electron chi connectivity index (χ2n) is 5.80. The lowest BCUT2D eigenvalue weighted by Gasteiger charge is -2.42. The summed E-state index contributed by atoms with van der Waals surface area (Å²) in [5, 5.41) is 11.3. The van der Waals surface area contributed by atoms with Crippen LogP contribution in [0.4, 0.5) is 0 Å². The summed E-state index contributed by atoms with van der Waals surface area (Å²) >= 11 is 12.1. The molecule has 0 bridgehead atoms. The van der Waals surface area contributed by atoms with Crippen molar-refractivity contribution in [3.8, 4) is 0 Å². The molecule has 1 atom stereocenters. The van der Waals surface area contributed by atoms with Crippen LogP contribution in [-0.4, -0.2) is 41.8 Å². The minimum atomic E-state index is -0.597. The van der Waals surface area contributed by atoms with Gasteiger partial charge in [0.2, 0.25) is 0 Å². The first-order valence-electron chi connectivity index (χ1n) is 6.86. The Morgan fingerprint density at radius 2 is 2.15 bits per heavy atom. The molecule has 0 aromatic heterocycles. The van der Waals surface area contributed by atoms with Crippen LogP contribution in [0.15, 0.2) is 18.2 Å². The van der Waals surface area contributed by atoms with E-state index in [1.54, 1.807) is 6.07 Å². The summed E-state index contributed by atoms with van der Waals surface area (Å²) < 4.78 is 5.50. The van der Waals surface area contributed by atoms with E-state index in [0.29, 0.717) is 22.0 Å². The Morgan fingerprint density at radius 1 is 1.40 bits per heavy atom. The number of benzene rings is 1. The predicted octanol–water partition coefficient (Wildman–Crippen LogP) is 3.53. The number of nitrogens with zero attached hydrogens (tertiary/aromatic N) is 1. The summed E-state index contributed by atoms with van der Waals surface area (Å²) in [7, 11) is 0. The number of ether oxygens (including phenoxy) is 1. The normalized spacial score (nSPS) is 20.9. The van der Waals surface area contributed by atoms with Crippen LogP contribution < -0.4 is 0 Å². The van der Waals surface area contributed by atoms with Gasteiger partial charge in [-0.05, 0) is 26.3 Å². The molecule has 1 saturated heterocycles. The van der Waals surface area contributed by atoms with Gasteiger partial charge >= 0.3 is 0 Å². The molecular formula is C15H21Cl2NO2. The van der Waals surface area contributed by atoms with E-state index in [1.165, 1.54) is 0 Å². The molecule has 0 amide bonds. The highest BCUT2D eigenvalue weighted by molar-refractivity contribution is 6.42. The third-order valence-corrected chi connectivity index (χ3v) is 4.66. The van der Waals surface area contributed by atoms with Crippen LogP contribution in [0, 0.1) is 0 Å². The number of hydrogen-bond donors (Lipinski definition) is 1. The van der Waals surface area contributed by atoms with Gasteiger partial charge in [-0.15, -0.1) is 0 Å². The van der Waals surface area contributed by atoms with Gasteiger partial charge in [-0.1, -0.05) is 35.3 Å². The maximum atomic E-state index is 10.3. The molecule has 2 rings (SSSR count). The van der Waals surface area contributed by atoms with Crippen molar-refractivity contribution < 1.29 is 9.84 Å². The molecule has 0 radical (unpaired) electrons. The van der Waals surface area contributed by atoms with Gasteiger partial charge in [-0.3, -0.25) is 4.90 Å². The van der Waals surface area contributed by atoms with Crippen LogP contribution >= 0.6 is 23.2 Å². The fourth-order valence-electron chi connectivity index (χ4n) is 2.52. The molecule has 20 heavy (non-hydrogen) atoms. The monoisotopic (exact) mass is 317 g/mol. The molecule has 1 unspecified atom stereocenters. The van der Waals surface area contributed by atoms with E-state index >= 15 is 0 Å². The Bertz CT molecular complexity index is 465. The lowest BCUT2D eigenvalue weighted by molar-refractivity contribution is -0.0552. The number of morpholine rings is 1. The first kappa shape index (κ1) is 16.1. The van der Waals surface area contributed by atoms with E-state index in [4.69, 9.17) is 27.9 Å². The number of rotatable bonds is 4. The highest BCUT2D eigenvalue weighted by Crippen LogP contribution is 2.32. The Kier molecular flexibility index (Phi) is 5.32. The fourth-order valence-corrected chi connectivity index (χ4v) is 2.95. The standard InChI is InChI=1S/C15H21Cl2NO2/c1-15(2)10-20-9-8-18(15)7-6-13(19)11-4-3-5-12(16)14(11)17/h3-5,13,19H,6-10H2,1-2H3. The average molecular weight is 318 g/mol. The van der Waals surface area contributed by atoms with Gasteiger partial charge in [0.15, 0.2) is 0 Å². The van der Waals surface area contributed by atoms with E-state index in [-0.39, 0.29) is 5.54 Å². The molecule has 3 nitrogen and oxygen atoms in total. The van der Waals surface area contributed by atoms with Gasteiger partial charge in [-0.2, -0.15) is 0 Å². The summed E-state index contributed by atoms with van der Waals surface area (Å²) in [6, 6.07) is 5.36. The van der Waals surface area contributed by atoms with Crippen molar-refractivity contribution in [3.63, 3.8) is 0 Å². The lowest BCUT2D eigenvalue weighted by atomic mass is 10.0. The Labute approximate surface area is 130 Å². The molecular weight excluding hydrogens is 297 g/mol. The van der Waals surface area contributed by atoms with E-state index < -0.39 is 6.10 Å². The van der Waals surface area contributed by atoms with Crippen LogP contribution in [0.3, 0.4) is 0 Å². The molecule has 112 valence electrons. The third-order valence-electron chi connectivity index (χ3n) is 3.83. The highest BCUT2D eigenvalue weighted by Gasteiger charge is 2.30. The molecule has 0 aliphatic carbocycles. The summed E-state index contributed by atoms with van der Waals surface area (Å²) in [5.41, 5.74) is 0.709. The zero-order valence-electron chi connectivity index (χ0n) is 11.9. The van der Waals surface area contributed by atoms with Crippen LogP contribution in [0.5, 0.6) is 0 Å². The van der Waals surface area contributed by atoms with Crippen molar-refractivity contribution >= 4 is 23.2 Å². The van der Waals surface area contributed by atoms with E-state index in [2.05, 4.69) is 18.7 Å². The molecule has 1 heterocycles. The van der Waals surface area contributed by atoms with Crippen LogP contribution in [0.1, 0.15) is 31.9 Å². The number of aliphatic hydroxyl groups excluding tert-OH is 1. The SMILES string of the molecule is CC1(C)COCCN1CCC(O)c1cccc(Cl)c1Cl. The summed E-state index contributed by atoms with van der Waals surface area (Å²) in [4.78, 5) is 2.35. The molecule has 1 aromatic rings. The smallest absolute Gasteiger partial charge is 0.0817 e. The average Bonchev–Trinajstić information content (AvgIpc) is 2.40. The first-order valence-corrected chi connectivity index (χ1v) is 7.62. The zero-order valence-corrected chi connectivity index (χ0v) is 13.4. The second kappa shape index (κ2) is 6.63. The topological polar surface area (TPSA) is 32.7 Å². The molecule has 1 aliphatic rings. The van der Waals surface area contributed by atoms with Crippen molar-refractivity contribution in [3.05, 3.63) is 33.8 Å². The molecule has 0 saturated carbocycles. The van der Waals surface area contributed by atoms with E-state index in [9.17, 15) is 5.11 Å². The maximum Gasteiger partial charge on any atom is 0.0817 e. The maximum absolute atomic E-state index is 10.3. The van der Waals surface area contributed by atoms with Gasteiger partial charge in [0.25, 0.3) is 0 Å². The van der Waals surface area contributed by atoms with Crippen molar-refractivity contribution in [1.29, 1.82) is 0 Å². The third kappa shape index (κ3) is 3.66.